The number of hydrogen-bond acceptors (Lipinski definition) is 6. The van der Waals surface area contributed by atoms with Crippen molar-refractivity contribution in [3.05, 3.63) is 86.4 Å². The van der Waals surface area contributed by atoms with Gasteiger partial charge in [0.05, 0.1) is 5.52 Å². The highest BCUT2D eigenvalue weighted by Crippen LogP contribution is 2.35. The summed E-state index contributed by atoms with van der Waals surface area (Å²) in [6.07, 6.45) is 0. The number of nitrogens with zero attached hydrogens (tertiary/aromatic N) is 1. The third-order valence-electron chi connectivity index (χ3n) is 6.32. The lowest BCUT2D eigenvalue weighted by Gasteiger charge is -2.09. The molecule has 0 atom stereocenters. The summed E-state index contributed by atoms with van der Waals surface area (Å²) < 4.78 is 3.05. The van der Waals surface area contributed by atoms with E-state index in [0.717, 1.165) is 43.5 Å². The molecule has 0 saturated carbocycles. The lowest BCUT2D eigenvalue weighted by Crippen LogP contribution is -2.15. The second-order valence-electron chi connectivity index (χ2n) is 8.54. The lowest BCUT2D eigenvalue weighted by molar-refractivity contribution is -0.138. The molecule has 0 spiro atoms. The molecule has 35 heavy (non-hydrogen) atoms. The Balaban J connectivity index is 1.76. The second kappa shape index (κ2) is 8.67. The van der Waals surface area contributed by atoms with Gasteiger partial charge in [0.15, 0.2) is 5.78 Å². The van der Waals surface area contributed by atoms with E-state index in [1.807, 2.05) is 68.4 Å². The molecule has 0 amide bonds. The molecule has 0 unspecified atom stereocenters. The standard InChI is InChI=1S/C28H24N2O4S/c1-5-30-23-11-10-18(27(32)19-9-7-6-8-15(19)2)12-20(23)21-13-22-25(14-24(21)30)35-16(3)26(28(22)33)29-34-17(4)31/h6-14,29H,5H2,1-4H3. The van der Waals surface area contributed by atoms with Crippen molar-refractivity contribution in [2.45, 2.75) is 34.2 Å². The summed E-state index contributed by atoms with van der Waals surface area (Å²) in [6.45, 7) is 7.85. The third-order valence-corrected chi connectivity index (χ3v) is 7.39. The average Bonchev–Trinajstić information content (AvgIpc) is 3.14. The highest BCUT2D eigenvalue weighted by molar-refractivity contribution is 7.18. The van der Waals surface area contributed by atoms with Crippen LogP contribution < -0.4 is 10.9 Å². The molecule has 1 N–H and O–H groups in total. The fourth-order valence-corrected chi connectivity index (χ4v) is 5.60. The molecule has 3 aromatic carbocycles. The monoisotopic (exact) mass is 484 g/mol. The van der Waals surface area contributed by atoms with E-state index in [0.29, 0.717) is 16.5 Å². The van der Waals surface area contributed by atoms with Crippen molar-refractivity contribution in [3.63, 3.8) is 0 Å². The van der Waals surface area contributed by atoms with E-state index in [4.69, 9.17) is 4.84 Å². The summed E-state index contributed by atoms with van der Waals surface area (Å²) in [4.78, 5) is 43.5. The topological polar surface area (TPSA) is 77.4 Å². The molecule has 6 nitrogen and oxygen atoms in total. The fraction of sp³-hybridized carbons (Fsp3) is 0.179. The summed E-state index contributed by atoms with van der Waals surface area (Å²) in [5.41, 5.74) is 6.77. The fourth-order valence-electron chi connectivity index (χ4n) is 4.60. The number of carbonyl (C=O) groups is 2. The van der Waals surface area contributed by atoms with Crippen LogP contribution in [0.15, 0.2) is 59.4 Å². The van der Waals surface area contributed by atoms with E-state index in [-0.39, 0.29) is 16.9 Å². The molecule has 7 heteroatoms. The molecular weight excluding hydrogens is 460 g/mol. The van der Waals surface area contributed by atoms with Crippen LogP contribution in [-0.4, -0.2) is 16.3 Å². The zero-order valence-electron chi connectivity index (χ0n) is 19.9. The SMILES string of the molecule is CCn1c2ccc(C(=O)c3ccccc3C)cc2c2cc3c(=O)c(NOC(C)=O)c(C)sc3cc21. The molecule has 0 radical (unpaired) electrons. The summed E-state index contributed by atoms with van der Waals surface area (Å²) in [6, 6.07) is 17.3. The molecule has 2 aromatic heterocycles. The molecule has 2 heterocycles. The number of rotatable bonds is 5. The number of aromatic nitrogens is 1. The highest BCUT2D eigenvalue weighted by Gasteiger charge is 2.18. The zero-order chi connectivity index (χ0) is 24.9. The molecule has 5 rings (SSSR count). The van der Waals surface area contributed by atoms with Gasteiger partial charge in [-0.15, -0.1) is 11.3 Å². The van der Waals surface area contributed by atoms with E-state index < -0.39 is 5.97 Å². The van der Waals surface area contributed by atoms with Crippen molar-refractivity contribution in [2.75, 3.05) is 5.48 Å². The van der Waals surface area contributed by atoms with E-state index >= 15 is 0 Å². The van der Waals surface area contributed by atoms with Crippen LogP contribution in [0.2, 0.25) is 0 Å². The van der Waals surface area contributed by atoms with Crippen LogP contribution in [0, 0.1) is 13.8 Å². The van der Waals surface area contributed by atoms with E-state index in [1.165, 1.54) is 18.3 Å². The van der Waals surface area contributed by atoms with Crippen LogP contribution in [0.25, 0.3) is 31.9 Å². The van der Waals surface area contributed by atoms with Gasteiger partial charge < -0.3 is 9.40 Å². The maximum Gasteiger partial charge on any atom is 0.329 e. The molecule has 0 aliphatic rings. The summed E-state index contributed by atoms with van der Waals surface area (Å²) in [7, 11) is 0. The molecule has 0 bridgehead atoms. The van der Waals surface area contributed by atoms with Crippen LogP contribution in [0.1, 0.15) is 40.2 Å². The van der Waals surface area contributed by atoms with Gasteiger partial charge in [0.2, 0.25) is 5.43 Å². The highest BCUT2D eigenvalue weighted by atomic mass is 32.1. The van der Waals surface area contributed by atoms with Gasteiger partial charge in [-0.2, -0.15) is 0 Å². The van der Waals surface area contributed by atoms with Crippen molar-refractivity contribution in [3.8, 4) is 0 Å². The minimum Gasteiger partial charge on any atom is -0.344 e. The predicted octanol–water partition coefficient (Wildman–Crippen LogP) is 6.13. The van der Waals surface area contributed by atoms with E-state index in [9.17, 15) is 14.4 Å². The first-order chi connectivity index (χ1) is 16.8. The van der Waals surface area contributed by atoms with Gasteiger partial charge in [0, 0.05) is 55.8 Å². The number of hydrogen-bond donors (Lipinski definition) is 1. The Hall–Kier alpha value is -3.97. The van der Waals surface area contributed by atoms with Crippen LogP contribution in [0.3, 0.4) is 0 Å². The van der Waals surface area contributed by atoms with Crippen molar-refractivity contribution >= 4 is 60.7 Å². The quantitative estimate of drug-likeness (QED) is 0.240. The second-order valence-corrected chi connectivity index (χ2v) is 9.80. The lowest BCUT2D eigenvalue weighted by atomic mass is 9.98. The third kappa shape index (κ3) is 3.78. The van der Waals surface area contributed by atoms with Gasteiger partial charge in [-0.1, -0.05) is 24.3 Å². The van der Waals surface area contributed by atoms with Gasteiger partial charge in [0.25, 0.3) is 0 Å². The first-order valence-electron chi connectivity index (χ1n) is 11.4. The van der Waals surface area contributed by atoms with Crippen molar-refractivity contribution < 1.29 is 14.4 Å². The van der Waals surface area contributed by atoms with Gasteiger partial charge in [-0.25, -0.2) is 5.48 Å². The molecule has 176 valence electrons. The number of fused-ring (bicyclic) bond motifs is 4. The van der Waals surface area contributed by atoms with Gasteiger partial charge in [0.1, 0.15) is 5.69 Å². The number of ketones is 1. The van der Waals surface area contributed by atoms with Crippen molar-refractivity contribution in [2.24, 2.45) is 0 Å². The number of aryl methyl sites for hydroxylation is 3. The predicted molar refractivity (Wildman–Crippen MR) is 142 cm³/mol. The molecule has 0 saturated heterocycles. The Bertz CT molecular complexity index is 1730. The Kier molecular flexibility index (Phi) is 5.65. The maximum atomic E-state index is 13.3. The first kappa shape index (κ1) is 22.8. The Morgan fingerprint density at radius 1 is 0.971 bits per heavy atom. The van der Waals surface area contributed by atoms with Crippen LogP contribution in [0.4, 0.5) is 5.69 Å². The summed E-state index contributed by atoms with van der Waals surface area (Å²) in [5.74, 6) is -0.556. The Morgan fingerprint density at radius 2 is 1.71 bits per heavy atom. The summed E-state index contributed by atoms with van der Waals surface area (Å²) >= 11 is 1.46. The minimum absolute atomic E-state index is 0.0292. The smallest absolute Gasteiger partial charge is 0.329 e. The molecular formula is C28H24N2O4S. The first-order valence-corrected chi connectivity index (χ1v) is 12.2. The van der Waals surface area contributed by atoms with Gasteiger partial charge >= 0.3 is 5.97 Å². The van der Waals surface area contributed by atoms with Crippen LogP contribution in [0.5, 0.6) is 0 Å². The number of carbonyl (C=O) groups excluding carboxylic acids is 2. The molecule has 5 aromatic rings. The number of benzene rings is 3. The molecule has 0 fully saturated rings. The van der Waals surface area contributed by atoms with Crippen LogP contribution >= 0.6 is 11.3 Å². The van der Waals surface area contributed by atoms with E-state index in [2.05, 4.69) is 17.0 Å². The minimum atomic E-state index is -0.527. The molecule has 0 aliphatic carbocycles. The van der Waals surface area contributed by atoms with E-state index in [1.54, 1.807) is 0 Å². The average molecular weight is 485 g/mol. The van der Waals surface area contributed by atoms with Crippen LogP contribution in [-0.2, 0) is 16.2 Å². The summed E-state index contributed by atoms with van der Waals surface area (Å²) in [5, 5.41) is 2.36. The van der Waals surface area contributed by atoms with Gasteiger partial charge in [-0.05, 0) is 56.7 Å². The van der Waals surface area contributed by atoms with Gasteiger partial charge in [-0.3, -0.25) is 14.4 Å². The number of anilines is 1. The maximum absolute atomic E-state index is 13.3. The largest absolute Gasteiger partial charge is 0.344 e. The number of nitrogens with one attached hydrogen (secondary N) is 1. The molecule has 0 aliphatic heterocycles. The Morgan fingerprint density at radius 3 is 2.43 bits per heavy atom. The van der Waals surface area contributed by atoms with Crippen molar-refractivity contribution in [1.82, 2.24) is 4.57 Å². The van der Waals surface area contributed by atoms with Crippen molar-refractivity contribution in [1.29, 1.82) is 0 Å². The normalized spacial score (nSPS) is 11.3. The Labute approximate surface area is 205 Å². The zero-order valence-corrected chi connectivity index (χ0v) is 20.7.